The van der Waals surface area contributed by atoms with E-state index in [1.165, 1.54) is 0 Å². The molecular weight excluding hydrogens is 240 g/mol. The topological polar surface area (TPSA) is 83.8 Å². The number of aromatic amines is 1. The van der Waals surface area contributed by atoms with E-state index >= 15 is 0 Å². The predicted octanol–water partition coefficient (Wildman–Crippen LogP) is 1.59. The maximum atomic E-state index is 12.3. The van der Waals surface area contributed by atoms with Gasteiger partial charge in [0.25, 0.3) is 0 Å². The lowest BCUT2D eigenvalue weighted by molar-refractivity contribution is -0.125. The first-order valence-electron chi connectivity index (χ1n) is 6.13. The Kier molecular flexibility index (Phi) is 3.55. The van der Waals surface area contributed by atoms with Crippen molar-refractivity contribution in [3.8, 4) is 0 Å². The number of nitrogen functional groups attached to an aromatic ring is 1. The van der Waals surface area contributed by atoms with Gasteiger partial charge in [0.1, 0.15) is 5.82 Å². The zero-order valence-electron chi connectivity index (χ0n) is 11.1. The number of benzene rings is 1. The minimum absolute atomic E-state index is 0.0423. The number of H-pyrrole nitrogens is 1. The van der Waals surface area contributed by atoms with Gasteiger partial charge in [-0.2, -0.15) is 5.10 Å². The Morgan fingerprint density at radius 1 is 1.37 bits per heavy atom. The van der Waals surface area contributed by atoms with Gasteiger partial charge in [0.05, 0.1) is 11.6 Å². The smallest absolute Gasteiger partial charge is 0.230 e. The van der Waals surface area contributed by atoms with Crippen molar-refractivity contribution in [1.82, 2.24) is 15.5 Å². The Balaban J connectivity index is 2.05. The van der Waals surface area contributed by atoms with E-state index in [-0.39, 0.29) is 5.91 Å². The van der Waals surface area contributed by atoms with Crippen LogP contribution in [0.25, 0.3) is 0 Å². The quantitative estimate of drug-likeness (QED) is 0.778. The van der Waals surface area contributed by atoms with Gasteiger partial charge in [0.2, 0.25) is 5.91 Å². The van der Waals surface area contributed by atoms with Crippen LogP contribution in [0.15, 0.2) is 36.5 Å². The Labute approximate surface area is 112 Å². The summed E-state index contributed by atoms with van der Waals surface area (Å²) in [6, 6.07) is 9.69. The lowest BCUT2D eigenvalue weighted by Gasteiger charge is -2.24. The fourth-order valence-electron chi connectivity index (χ4n) is 1.84. The molecule has 0 radical (unpaired) electrons. The number of carbonyl (C=O) groups excluding carboxylic acids is 1. The van der Waals surface area contributed by atoms with Crippen molar-refractivity contribution in [3.05, 3.63) is 47.7 Å². The van der Waals surface area contributed by atoms with Gasteiger partial charge in [-0.05, 0) is 19.4 Å². The molecule has 0 aliphatic heterocycles. The molecule has 5 heteroatoms. The molecule has 0 unspecified atom stereocenters. The zero-order chi connectivity index (χ0) is 13.9. The largest absolute Gasteiger partial charge is 0.384 e. The number of hydrogen-bond acceptors (Lipinski definition) is 3. The van der Waals surface area contributed by atoms with E-state index in [9.17, 15) is 4.79 Å². The summed E-state index contributed by atoms with van der Waals surface area (Å²) in [6.45, 7) is 4.17. The molecule has 1 aromatic carbocycles. The molecule has 0 saturated heterocycles. The highest BCUT2D eigenvalue weighted by molar-refractivity contribution is 5.87. The first kappa shape index (κ1) is 13.1. The molecule has 2 aromatic rings. The first-order chi connectivity index (χ1) is 9.01. The van der Waals surface area contributed by atoms with Crippen LogP contribution in [0.2, 0.25) is 0 Å². The molecule has 0 aliphatic carbocycles. The van der Waals surface area contributed by atoms with Crippen LogP contribution < -0.4 is 11.1 Å². The second-order valence-electron chi connectivity index (χ2n) is 4.98. The summed E-state index contributed by atoms with van der Waals surface area (Å²) in [7, 11) is 0. The summed E-state index contributed by atoms with van der Waals surface area (Å²) < 4.78 is 0. The van der Waals surface area contributed by atoms with E-state index in [4.69, 9.17) is 5.73 Å². The van der Waals surface area contributed by atoms with Crippen LogP contribution >= 0.6 is 0 Å². The molecule has 19 heavy (non-hydrogen) atoms. The number of nitrogens with zero attached hydrogens (tertiary/aromatic N) is 1. The normalized spacial score (nSPS) is 11.3. The van der Waals surface area contributed by atoms with Crippen molar-refractivity contribution in [2.45, 2.75) is 25.8 Å². The number of aromatic nitrogens is 2. The van der Waals surface area contributed by atoms with Crippen LogP contribution in [-0.4, -0.2) is 16.1 Å². The third-order valence-electron chi connectivity index (χ3n) is 3.25. The van der Waals surface area contributed by atoms with Gasteiger partial charge in [-0.15, -0.1) is 0 Å². The maximum absolute atomic E-state index is 12.3. The van der Waals surface area contributed by atoms with Gasteiger partial charge < -0.3 is 11.1 Å². The molecule has 5 nitrogen and oxygen atoms in total. The van der Waals surface area contributed by atoms with Crippen molar-refractivity contribution in [3.63, 3.8) is 0 Å². The molecule has 1 amide bonds. The predicted molar refractivity (Wildman–Crippen MR) is 74.3 cm³/mol. The number of anilines is 1. The van der Waals surface area contributed by atoms with Crippen LogP contribution in [0.4, 0.5) is 5.82 Å². The van der Waals surface area contributed by atoms with Gasteiger partial charge in [-0.3, -0.25) is 9.89 Å². The summed E-state index contributed by atoms with van der Waals surface area (Å²) in [5.41, 5.74) is 6.86. The molecule has 0 saturated carbocycles. The lowest BCUT2D eigenvalue weighted by Crippen LogP contribution is -2.39. The molecular formula is C14H18N4O. The highest BCUT2D eigenvalue weighted by atomic mass is 16.2. The second-order valence-corrected chi connectivity index (χ2v) is 4.98. The van der Waals surface area contributed by atoms with Crippen LogP contribution in [-0.2, 0) is 16.8 Å². The minimum atomic E-state index is -0.584. The SMILES string of the molecule is CC(C)(C(=O)NCc1cn[nH]c1N)c1ccccc1. The lowest BCUT2D eigenvalue weighted by atomic mass is 9.84. The highest BCUT2D eigenvalue weighted by Gasteiger charge is 2.29. The molecule has 1 heterocycles. The van der Waals surface area contributed by atoms with E-state index < -0.39 is 5.41 Å². The monoisotopic (exact) mass is 258 g/mol. The summed E-state index contributed by atoms with van der Waals surface area (Å²) in [4.78, 5) is 12.3. The highest BCUT2D eigenvalue weighted by Crippen LogP contribution is 2.23. The molecule has 0 spiro atoms. The maximum Gasteiger partial charge on any atom is 0.230 e. The third-order valence-corrected chi connectivity index (χ3v) is 3.25. The second kappa shape index (κ2) is 5.14. The molecule has 100 valence electrons. The summed E-state index contributed by atoms with van der Waals surface area (Å²) in [5, 5.41) is 9.34. The summed E-state index contributed by atoms with van der Waals surface area (Å²) in [6.07, 6.45) is 1.62. The Morgan fingerprint density at radius 3 is 2.63 bits per heavy atom. The molecule has 2 rings (SSSR count). The van der Waals surface area contributed by atoms with Crippen molar-refractivity contribution in [2.24, 2.45) is 0 Å². The average molecular weight is 258 g/mol. The third kappa shape index (κ3) is 2.76. The van der Waals surface area contributed by atoms with Crippen molar-refractivity contribution >= 4 is 11.7 Å². The molecule has 4 N–H and O–H groups in total. The standard InChI is InChI=1S/C14H18N4O/c1-14(2,11-6-4-3-5-7-11)13(19)16-8-10-9-17-18-12(10)15/h3-7,9H,8H2,1-2H3,(H,16,19)(H3,15,17,18). The number of amides is 1. The van der Waals surface area contributed by atoms with Gasteiger partial charge in [-0.25, -0.2) is 0 Å². The van der Waals surface area contributed by atoms with Crippen molar-refractivity contribution in [2.75, 3.05) is 5.73 Å². The Hall–Kier alpha value is -2.30. The van der Waals surface area contributed by atoms with Gasteiger partial charge in [0, 0.05) is 12.1 Å². The Morgan fingerprint density at radius 2 is 2.05 bits per heavy atom. The summed E-state index contributed by atoms with van der Waals surface area (Å²) >= 11 is 0. The number of nitrogens with two attached hydrogens (primary N) is 1. The fourth-order valence-corrected chi connectivity index (χ4v) is 1.84. The van der Waals surface area contributed by atoms with Gasteiger partial charge in [0.15, 0.2) is 0 Å². The molecule has 0 bridgehead atoms. The van der Waals surface area contributed by atoms with Crippen LogP contribution in [0.5, 0.6) is 0 Å². The fraction of sp³-hybridized carbons (Fsp3) is 0.286. The van der Waals surface area contributed by atoms with E-state index in [1.807, 2.05) is 44.2 Å². The molecule has 1 aromatic heterocycles. The number of carbonyl (C=O) groups is 1. The molecule has 0 fully saturated rings. The summed E-state index contributed by atoms with van der Waals surface area (Å²) in [5.74, 6) is 0.442. The number of nitrogens with one attached hydrogen (secondary N) is 2. The van der Waals surface area contributed by atoms with Crippen LogP contribution in [0.1, 0.15) is 25.0 Å². The van der Waals surface area contributed by atoms with Crippen LogP contribution in [0.3, 0.4) is 0 Å². The van der Waals surface area contributed by atoms with E-state index in [0.29, 0.717) is 12.4 Å². The van der Waals surface area contributed by atoms with Crippen molar-refractivity contribution < 1.29 is 4.79 Å². The Bertz CT molecular complexity index is 560. The van der Waals surface area contributed by atoms with Gasteiger partial charge >= 0.3 is 0 Å². The number of hydrogen-bond donors (Lipinski definition) is 3. The van der Waals surface area contributed by atoms with Crippen molar-refractivity contribution in [1.29, 1.82) is 0 Å². The number of rotatable bonds is 4. The van der Waals surface area contributed by atoms with E-state index in [1.54, 1.807) is 6.20 Å². The average Bonchev–Trinajstić information content (AvgIpc) is 2.82. The molecule has 0 atom stereocenters. The van der Waals surface area contributed by atoms with Gasteiger partial charge in [-0.1, -0.05) is 30.3 Å². The van der Waals surface area contributed by atoms with E-state index in [2.05, 4.69) is 15.5 Å². The molecule has 0 aliphatic rings. The first-order valence-corrected chi connectivity index (χ1v) is 6.13. The minimum Gasteiger partial charge on any atom is -0.384 e. The van der Waals surface area contributed by atoms with E-state index in [0.717, 1.165) is 11.1 Å². The van der Waals surface area contributed by atoms with Crippen LogP contribution in [0, 0.1) is 0 Å². The zero-order valence-corrected chi connectivity index (χ0v) is 11.1.